The van der Waals surface area contributed by atoms with Gasteiger partial charge in [0.15, 0.2) is 11.3 Å². The van der Waals surface area contributed by atoms with E-state index in [0.717, 1.165) is 22.0 Å². The minimum Gasteiger partial charge on any atom is -0.493 e. The van der Waals surface area contributed by atoms with Crippen molar-refractivity contribution in [3.63, 3.8) is 0 Å². The predicted molar refractivity (Wildman–Crippen MR) is 108 cm³/mol. The molecule has 138 valence electrons. The van der Waals surface area contributed by atoms with Crippen LogP contribution in [0.2, 0.25) is 5.02 Å². The van der Waals surface area contributed by atoms with Crippen molar-refractivity contribution in [2.24, 2.45) is 10.2 Å². The van der Waals surface area contributed by atoms with Gasteiger partial charge in [0.05, 0.1) is 21.4 Å². The van der Waals surface area contributed by atoms with Gasteiger partial charge in [-0.1, -0.05) is 35.9 Å². The number of benzene rings is 2. The first-order valence-corrected chi connectivity index (χ1v) is 8.94. The first-order valence-electron chi connectivity index (χ1n) is 8.56. The molecule has 0 saturated heterocycles. The number of nitrogens with zero attached hydrogens (tertiary/aromatic N) is 5. The standard InChI is InChI=1S/C19H14ClN7O/c1-8-4-3-5-10-13(8)21-17-15(10)24-26-19(23-17)27-25-16-12-11(20)7-6-9(2)14(12)22-18(16)28/h3-7,22,28H,1-2H3,(H,21,23,26). The van der Waals surface area contributed by atoms with Crippen LogP contribution < -0.4 is 0 Å². The summed E-state index contributed by atoms with van der Waals surface area (Å²) in [5.41, 5.74) is 5.18. The number of rotatable bonds is 2. The van der Waals surface area contributed by atoms with Crippen LogP contribution in [0, 0.1) is 13.8 Å². The number of azo groups is 1. The number of hydrogen-bond acceptors (Lipinski definition) is 6. The third kappa shape index (κ3) is 2.42. The maximum Gasteiger partial charge on any atom is 0.289 e. The van der Waals surface area contributed by atoms with Gasteiger partial charge >= 0.3 is 0 Å². The van der Waals surface area contributed by atoms with Gasteiger partial charge in [-0.3, -0.25) is 0 Å². The molecule has 5 rings (SSSR count). The summed E-state index contributed by atoms with van der Waals surface area (Å²) in [6.45, 7) is 3.92. The highest BCUT2D eigenvalue weighted by molar-refractivity contribution is 6.36. The Morgan fingerprint density at radius 2 is 1.79 bits per heavy atom. The van der Waals surface area contributed by atoms with Crippen LogP contribution in [0.25, 0.3) is 33.0 Å². The molecule has 0 fully saturated rings. The molecule has 8 nitrogen and oxygen atoms in total. The molecule has 3 heterocycles. The summed E-state index contributed by atoms with van der Waals surface area (Å²) in [6, 6.07) is 9.55. The van der Waals surface area contributed by atoms with Gasteiger partial charge in [-0.2, -0.15) is 4.98 Å². The minimum absolute atomic E-state index is 0.0780. The van der Waals surface area contributed by atoms with Crippen molar-refractivity contribution >= 4 is 56.2 Å². The van der Waals surface area contributed by atoms with Crippen LogP contribution in [0.5, 0.6) is 5.88 Å². The molecule has 3 aromatic heterocycles. The molecule has 9 heteroatoms. The Hall–Kier alpha value is -3.52. The Morgan fingerprint density at radius 3 is 2.64 bits per heavy atom. The van der Waals surface area contributed by atoms with E-state index in [2.05, 4.69) is 35.4 Å². The second-order valence-electron chi connectivity index (χ2n) is 6.57. The zero-order valence-electron chi connectivity index (χ0n) is 14.9. The summed E-state index contributed by atoms with van der Waals surface area (Å²) in [5.74, 6) is -0.0422. The Balaban J connectivity index is 1.62. The molecule has 5 aromatic rings. The summed E-state index contributed by atoms with van der Waals surface area (Å²) < 4.78 is 0. The number of aromatic nitrogens is 5. The molecular formula is C19H14ClN7O. The van der Waals surface area contributed by atoms with E-state index in [9.17, 15) is 5.11 Å². The topological polar surface area (TPSA) is 115 Å². The van der Waals surface area contributed by atoms with E-state index in [1.165, 1.54) is 0 Å². The van der Waals surface area contributed by atoms with Crippen LogP contribution in [-0.4, -0.2) is 30.3 Å². The van der Waals surface area contributed by atoms with Crippen molar-refractivity contribution < 1.29 is 5.11 Å². The fourth-order valence-electron chi connectivity index (χ4n) is 3.34. The molecule has 0 spiro atoms. The summed E-state index contributed by atoms with van der Waals surface area (Å²) in [6.07, 6.45) is 0. The van der Waals surface area contributed by atoms with Crippen LogP contribution in [0.15, 0.2) is 40.6 Å². The highest BCUT2D eigenvalue weighted by Crippen LogP contribution is 2.41. The van der Waals surface area contributed by atoms with Gasteiger partial charge < -0.3 is 15.1 Å². The van der Waals surface area contributed by atoms with Crippen molar-refractivity contribution in [3.8, 4) is 5.88 Å². The zero-order chi connectivity index (χ0) is 19.4. The van der Waals surface area contributed by atoms with E-state index in [1.807, 2.05) is 38.1 Å². The van der Waals surface area contributed by atoms with E-state index in [1.54, 1.807) is 6.07 Å². The summed E-state index contributed by atoms with van der Waals surface area (Å²) in [7, 11) is 0. The van der Waals surface area contributed by atoms with Gasteiger partial charge in [0.25, 0.3) is 5.95 Å². The van der Waals surface area contributed by atoms with Crippen molar-refractivity contribution in [2.75, 3.05) is 0 Å². The van der Waals surface area contributed by atoms with E-state index in [0.29, 0.717) is 27.1 Å². The molecule has 0 aliphatic heterocycles. The minimum atomic E-state index is -0.120. The van der Waals surface area contributed by atoms with E-state index in [4.69, 9.17) is 11.6 Å². The first kappa shape index (κ1) is 16.6. The number of fused-ring (bicyclic) bond motifs is 4. The molecule has 0 unspecified atom stereocenters. The van der Waals surface area contributed by atoms with Gasteiger partial charge in [-0.25, -0.2) is 0 Å². The van der Waals surface area contributed by atoms with Crippen LogP contribution in [0.4, 0.5) is 11.6 Å². The molecule has 2 aromatic carbocycles. The molecule has 0 amide bonds. The smallest absolute Gasteiger partial charge is 0.289 e. The summed E-state index contributed by atoms with van der Waals surface area (Å²) in [5, 5.41) is 28.7. The number of hydrogen-bond donors (Lipinski definition) is 3. The predicted octanol–water partition coefficient (Wildman–Crippen LogP) is 5.38. The molecule has 3 N–H and O–H groups in total. The van der Waals surface area contributed by atoms with Crippen molar-refractivity contribution in [1.29, 1.82) is 0 Å². The lowest BCUT2D eigenvalue weighted by Crippen LogP contribution is -1.86. The maximum absolute atomic E-state index is 10.2. The lowest BCUT2D eigenvalue weighted by molar-refractivity contribution is 0.459. The maximum atomic E-state index is 10.2. The quantitative estimate of drug-likeness (QED) is 0.350. The van der Waals surface area contributed by atoms with E-state index < -0.39 is 0 Å². The lowest BCUT2D eigenvalue weighted by atomic mass is 10.1. The SMILES string of the molecule is Cc1ccc(Cl)c2c(N=Nc3nnc4c(n3)[nH]c3c(C)cccc34)c(O)[nH]c12. The van der Waals surface area contributed by atoms with Crippen LogP contribution in [0.1, 0.15) is 11.1 Å². The largest absolute Gasteiger partial charge is 0.493 e. The van der Waals surface area contributed by atoms with Gasteiger partial charge in [-0.05, 0) is 31.0 Å². The molecule has 0 atom stereocenters. The van der Waals surface area contributed by atoms with Crippen molar-refractivity contribution in [2.45, 2.75) is 13.8 Å². The Bertz CT molecular complexity index is 1420. The molecule has 0 bridgehead atoms. The monoisotopic (exact) mass is 391 g/mol. The average Bonchev–Trinajstić information content (AvgIpc) is 3.22. The lowest BCUT2D eigenvalue weighted by Gasteiger charge is -1.98. The first-order chi connectivity index (χ1) is 13.5. The Labute approximate surface area is 163 Å². The van der Waals surface area contributed by atoms with Crippen molar-refractivity contribution in [3.05, 3.63) is 46.5 Å². The van der Waals surface area contributed by atoms with Crippen LogP contribution in [-0.2, 0) is 0 Å². The number of H-pyrrole nitrogens is 2. The second-order valence-corrected chi connectivity index (χ2v) is 6.98. The fraction of sp³-hybridized carbons (Fsp3) is 0.105. The number of aryl methyl sites for hydroxylation is 2. The van der Waals surface area contributed by atoms with Gasteiger partial charge in [0, 0.05) is 5.39 Å². The number of aromatic amines is 2. The second kappa shape index (κ2) is 6.00. The molecule has 0 saturated carbocycles. The molecule has 0 aliphatic carbocycles. The van der Waals surface area contributed by atoms with Crippen LogP contribution in [0.3, 0.4) is 0 Å². The van der Waals surface area contributed by atoms with Gasteiger partial charge in [0.2, 0.25) is 5.88 Å². The molecule has 0 aliphatic rings. The highest BCUT2D eigenvalue weighted by atomic mass is 35.5. The van der Waals surface area contributed by atoms with E-state index >= 15 is 0 Å². The Kier molecular flexibility index (Phi) is 3.56. The number of nitrogens with one attached hydrogen (secondary N) is 2. The fourth-order valence-corrected chi connectivity index (χ4v) is 3.59. The zero-order valence-corrected chi connectivity index (χ0v) is 15.7. The number of aromatic hydroxyl groups is 1. The van der Waals surface area contributed by atoms with Crippen molar-refractivity contribution in [1.82, 2.24) is 25.1 Å². The van der Waals surface area contributed by atoms with E-state index in [-0.39, 0.29) is 17.5 Å². The third-order valence-electron chi connectivity index (χ3n) is 4.75. The molecule has 28 heavy (non-hydrogen) atoms. The normalized spacial score (nSPS) is 12.1. The van der Waals surface area contributed by atoms with Gasteiger partial charge in [0.1, 0.15) is 5.52 Å². The number of para-hydroxylation sites is 1. The highest BCUT2D eigenvalue weighted by Gasteiger charge is 2.16. The van der Waals surface area contributed by atoms with Crippen LogP contribution >= 0.6 is 11.6 Å². The summed E-state index contributed by atoms with van der Waals surface area (Å²) >= 11 is 6.29. The average molecular weight is 392 g/mol. The molecular weight excluding hydrogens is 378 g/mol. The molecule has 0 radical (unpaired) electrons. The summed E-state index contributed by atoms with van der Waals surface area (Å²) in [4.78, 5) is 10.5. The Morgan fingerprint density at radius 1 is 0.964 bits per heavy atom. The van der Waals surface area contributed by atoms with Gasteiger partial charge in [-0.15, -0.1) is 20.4 Å². The third-order valence-corrected chi connectivity index (χ3v) is 5.07. The number of halogens is 1.